The number of rotatable bonds is 7. The minimum atomic E-state index is -0.540. The molecule has 5 heteroatoms. The number of aliphatic hydroxyl groups is 1. The van der Waals surface area contributed by atoms with Gasteiger partial charge in [0.05, 0.1) is 11.5 Å². The molecule has 1 heterocycles. The van der Waals surface area contributed by atoms with Gasteiger partial charge in [-0.15, -0.1) is 11.3 Å². The predicted octanol–water partition coefficient (Wildman–Crippen LogP) is 3.02. The summed E-state index contributed by atoms with van der Waals surface area (Å²) in [6.45, 7) is 3.66. The highest BCUT2D eigenvalue weighted by Gasteiger charge is 2.16. The summed E-state index contributed by atoms with van der Waals surface area (Å²) in [5.41, 5.74) is 6.07. The molecule has 132 valence electrons. The van der Waals surface area contributed by atoms with Gasteiger partial charge in [-0.3, -0.25) is 4.79 Å². The Morgan fingerprint density at radius 2 is 2.00 bits per heavy atom. The van der Waals surface area contributed by atoms with Gasteiger partial charge in [0.25, 0.3) is 0 Å². The third-order valence-electron chi connectivity index (χ3n) is 3.75. The van der Waals surface area contributed by atoms with Crippen LogP contribution in [0.25, 0.3) is 0 Å². The number of aryl methyl sites for hydroxylation is 1. The summed E-state index contributed by atoms with van der Waals surface area (Å²) in [6.07, 6.45) is 1.56. The van der Waals surface area contributed by atoms with Crippen molar-refractivity contribution in [3.63, 3.8) is 0 Å². The Hall–Kier alpha value is -2.13. The van der Waals surface area contributed by atoms with E-state index in [0.717, 1.165) is 17.7 Å². The molecule has 0 amide bonds. The summed E-state index contributed by atoms with van der Waals surface area (Å²) >= 11 is 1.63. The minimum Gasteiger partial charge on any atom is -0.481 e. The highest BCUT2D eigenvalue weighted by Crippen LogP contribution is 2.19. The van der Waals surface area contributed by atoms with Crippen LogP contribution in [-0.4, -0.2) is 29.6 Å². The van der Waals surface area contributed by atoms with E-state index in [-0.39, 0.29) is 19.0 Å². The van der Waals surface area contributed by atoms with Crippen LogP contribution in [0.15, 0.2) is 36.4 Å². The summed E-state index contributed by atoms with van der Waals surface area (Å²) in [4.78, 5) is 13.4. The molecule has 0 fully saturated rings. The molecule has 0 saturated carbocycles. The van der Waals surface area contributed by atoms with Crippen molar-refractivity contribution in [3.05, 3.63) is 51.7 Å². The number of benzene rings is 1. The first-order valence-electron chi connectivity index (χ1n) is 8.11. The Morgan fingerprint density at radius 1 is 1.28 bits per heavy atom. The van der Waals surface area contributed by atoms with Gasteiger partial charge in [0.1, 0.15) is 12.4 Å². The van der Waals surface area contributed by atoms with E-state index in [2.05, 4.69) is 11.8 Å². The molecule has 1 atom stereocenters. The van der Waals surface area contributed by atoms with Crippen LogP contribution < -0.4 is 10.5 Å². The molecule has 4 nitrogen and oxygen atoms in total. The number of ketones is 1. The van der Waals surface area contributed by atoms with Gasteiger partial charge in [-0.1, -0.05) is 11.8 Å². The fraction of sp³-hybridized carbons (Fsp3) is 0.350. The molecule has 0 aliphatic rings. The lowest BCUT2D eigenvalue weighted by Crippen LogP contribution is -2.40. The lowest BCUT2D eigenvalue weighted by Gasteiger charge is -2.20. The van der Waals surface area contributed by atoms with Gasteiger partial charge < -0.3 is 15.6 Å². The molecule has 1 aromatic heterocycles. The van der Waals surface area contributed by atoms with Gasteiger partial charge in [0.15, 0.2) is 5.78 Å². The zero-order valence-electron chi connectivity index (χ0n) is 14.5. The van der Waals surface area contributed by atoms with E-state index in [1.807, 2.05) is 19.1 Å². The van der Waals surface area contributed by atoms with Crippen LogP contribution in [-0.2, 0) is 6.42 Å². The summed E-state index contributed by atoms with van der Waals surface area (Å²) in [7, 11) is 0. The number of thiophene rings is 1. The van der Waals surface area contributed by atoms with Gasteiger partial charge in [0.2, 0.25) is 0 Å². The molecule has 1 unspecified atom stereocenters. The number of Topliss-reactive ketones (excluding diaryl/α,β-unsaturated/α-hetero) is 1. The molecule has 0 aliphatic heterocycles. The van der Waals surface area contributed by atoms with Crippen molar-refractivity contribution in [2.75, 3.05) is 13.2 Å². The summed E-state index contributed by atoms with van der Waals surface area (Å²) in [6, 6.07) is 11.1. The summed E-state index contributed by atoms with van der Waals surface area (Å²) in [5.74, 6) is 6.80. The third kappa shape index (κ3) is 6.35. The maximum atomic E-state index is 11.2. The predicted molar refractivity (Wildman–Crippen MR) is 101 cm³/mol. The Morgan fingerprint density at radius 3 is 2.64 bits per heavy atom. The molecule has 25 heavy (non-hydrogen) atoms. The zero-order valence-corrected chi connectivity index (χ0v) is 15.4. The van der Waals surface area contributed by atoms with Gasteiger partial charge in [-0.25, -0.2) is 0 Å². The van der Waals surface area contributed by atoms with E-state index < -0.39 is 5.54 Å². The van der Waals surface area contributed by atoms with E-state index in [1.54, 1.807) is 35.6 Å². The molecule has 0 spiro atoms. The quantitative estimate of drug-likeness (QED) is 0.590. The zero-order chi connectivity index (χ0) is 18.3. The second kappa shape index (κ2) is 8.82. The summed E-state index contributed by atoms with van der Waals surface area (Å²) < 4.78 is 5.55. The van der Waals surface area contributed by atoms with E-state index in [1.165, 1.54) is 11.8 Å². The van der Waals surface area contributed by atoms with Crippen LogP contribution in [0.1, 0.15) is 40.4 Å². The topological polar surface area (TPSA) is 72.5 Å². The average molecular weight is 357 g/mol. The van der Waals surface area contributed by atoms with Crippen LogP contribution in [0.2, 0.25) is 0 Å². The first kappa shape index (κ1) is 19.2. The van der Waals surface area contributed by atoms with Gasteiger partial charge in [0, 0.05) is 16.0 Å². The number of hydrogen-bond donors (Lipinski definition) is 2. The molecule has 1 aromatic carbocycles. The van der Waals surface area contributed by atoms with Crippen LogP contribution in [0.4, 0.5) is 0 Å². The standard InChI is InChI=1S/C20H23NO3S/c1-15(23)16-5-7-17(8-6-16)24-13-3-4-18-9-10-19(25-18)11-12-20(2,21)14-22/h5-10,22H,11-14,21H2,1-2H3. The monoisotopic (exact) mass is 357 g/mol. The van der Waals surface area contributed by atoms with Crippen molar-refractivity contribution < 1.29 is 14.6 Å². The van der Waals surface area contributed by atoms with E-state index in [0.29, 0.717) is 11.3 Å². The second-order valence-corrected chi connectivity index (χ2v) is 7.42. The molecule has 2 aromatic rings. The smallest absolute Gasteiger partial charge is 0.159 e. The Balaban J connectivity index is 1.82. The molecular weight excluding hydrogens is 334 g/mol. The van der Waals surface area contributed by atoms with Gasteiger partial charge in [-0.05, 0) is 63.1 Å². The van der Waals surface area contributed by atoms with Crippen molar-refractivity contribution in [3.8, 4) is 17.6 Å². The largest absolute Gasteiger partial charge is 0.481 e. The number of ether oxygens (including phenoxy) is 1. The van der Waals surface area contributed by atoms with Gasteiger partial charge >= 0.3 is 0 Å². The lowest BCUT2D eigenvalue weighted by molar-refractivity contribution is 0.101. The van der Waals surface area contributed by atoms with Crippen molar-refractivity contribution in [1.29, 1.82) is 0 Å². The van der Waals surface area contributed by atoms with Crippen molar-refractivity contribution in [1.82, 2.24) is 0 Å². The van der Waals surface area contributed by atoms with E-state index in [9.17, 15) is 9.90 Å². The Kier molecular flexibility index (Phi) is 6.77. The fourth-order valence-electron chi connectivity index (χ4n) is 2.10. The normalized spacial score (nSPS) is 12.8. The first-order chi connectivity index (χ1) is 11.9. The molecular formula is C20H23NO3S. The third-order valence-corrected chi connectivity index (χ3v) is 4.81. The number of carbonyl (C=O) groups excluding carboxylic acids is 1. The Bertz CT molecular complexity index is 766. The van der Waals surface area contributed by atoms with Crippen LogP contribution in [0, 0.1) is 11.8 Å². The first-order valence-corrected chi connectivity index (χ1v) is 8.92. The SMILES string of the molecule is CC(=O)c1ccc(OCC#Cc2ccc(CCC(C)(N)CO)s2)cc1. The number of aliphatic hydroxyl groups excluding tert-OH is 1. The molecule has 0 bridgehead atoms. The van der Waals surface area contributed by atoms with E-state index in [4.69, 9.17) is 10.5 Å². The maximum Gasteiger partial charge on any atom is 0.159 e. The lowest BCUT2D eigenvalue weighted by atomic mass is 9.98. The van der Waals surface area contributed by atoms with Crippen molar-refractivity contribution in [2.45, 2.75) is 32.2 Å². The van der Waals surface area contributed by atoms with Crippen molar-refractivity contribution in [2.24, 2.45) is 5.73 Å². The number of nitrogens with two attached hydrogens (primary N) is 1. The molecule has 0 saturated heterocycles. The highest BCUT2D eigenvalue weighted by atomic mass is 32.1. The molecule has 0 radical (unpaired) electrons. The van der Waals surface area contributed by atoms with E-state index >= 15 is 0 Å². The van der Waals surface area contributed by atoms with Crippen molar-refractivity contribution >= 4 is 17.1 Å². The highest BCUT2D eigenvalue weighted by molar-refractivity contribution is 7.12. The fourth-order valence-corrected chi connectivity index (χ4v) is 2.98. The Labute approximate surface area is 152 Å². The molecule has 3 N–H and O–H groups in total. The van der Waals surface area contributed by atoms with Crippen LogP contribution in [0.5, 0.6) is 5.75 Å². The van der Waals surface area contributed by atoms with Crippen LogP contribution in [0.3, 0.4) is 0 Å². The minimum absolute atomic E-state index is 0.0181. The second-order valence-electron chi connectivity index (χ2n) is 6.25. The van der Waals surface area contributed by atoms with Gasteiger partial charge in [-0.2, -0.15) is 0 Å². The van der Waals surface area contributed by atoms with Crippen LogP contribution >= 0.6 is 11.3 Å². The summed E-state index contributed by atoms with van der Waals surface area (Å²) in [5, 5.41) is 9.18. The number of carbonyl (C=O) groups is 1. The molecule has 0 aliphatic carbocycles. The molecule has 2 rings (SSSR count). The number of hydrogen-bond acceptors (Lipinski definition) is 5. The maximum absolute atomic E-state index is 11.2. The average Bonchev–Trinajstić information content (AvgIpc) is 3.05.